The maximum atomic E-state index is 13.1. The van der Waals surface area contributed by atoms with Gasteiger partial charge in [0.2, 0.25) is 11.9 Å². The Bertz CT molecular complexity index is 1410. The first-order chi connectivity index (χ1) is 17.1. The van der Waals surface area contributed by atoms with Crippen LogP contribution in [0.5, 0.6) is 0 Å². The van der Waals surface area contributed by atoms with Gasteiger partial charge < -0.3 is 15.6 Å². The molecular weight excluding hydrogens is 475 g/mol. The number of H-pyrrole nitrogens is 1. The van der Waals surface area contributed by atoms with Crippen molar-refractivity contribution in [3.8, 4) is 0 Å². The van der Waals surface area contributed by atoms with Crippen LogP contribution >= 0.6 is 0 Å². The number of aromatic nitrogens is 4. The third-order valence-corrected chi connectivity index (χ3v) is 5.04. The van der Waals surface area contributed by atoms with Gasteiger partial charge in [-0.3, -0.25) is 14.5 Å². The molecule has 2 aromatic heterocycles. The molecule has 0 saturated carbocycles. The van der Waals surface area contributed by atoms with Gasteiger partial charge in [0.05, 0.1) is 11.3 Å². The van der Waals surface area contributed by atoms with Gasteiger partial charge >= 0.3 is 6.18 Å². The molecule has 0 aliphatic carbocycles. The van der Waals surface area contributed by atoms with Crippen LogP contribution in [0, 0.1) is 6.92 Å². The lowest BCUT2D eigenvalue weighted by Gasteiger charge is -2.24. The minimum atomic E-state index is -4.56. The van der Waals surface area contributed by atoms with E-state index in [1.54, 1.807) is 41.6 Å². The number of benzene rings is 2. The Kier molecular flexibility index (Phi) is 6.68. The van der Waals surface area contributed by atoms with Gasteiger partial charge in [0, 0.05) is 36.6 Å². The van der Waals surface area contributed by atoms with Crippen LogP contribution in [-0.4, -0.2) is 31.8 Å². The first kappa shape index (κ1) is 24.4. The lowest BCUT2D eigenvalue weighted by Crippen LogP contribution is -2.17. The van der Waals surface area contributed by atoms with Gasteiger partial charge in [-0.05, 0) is 42.8 Å². The molecule has 0 saturated heterocycles. The van der Waals surface area contributed by atoms with Crippen molar-refractivity contribution in [3.05, 3.63) is 83.9 Å². The van der Waals surface area contributed by atoms with Crippen LogP contribution in [0.2, 0.25) is 0 Å². The number of aryl methyl sites for hydroxylation is 1. The van der Waals surface area contributed by atoms with Crippen molar-refractivity contribution in [2.45, 2.75) is 20.0 Å². The fourth-order valence-corrected chi connectivity index (χ4v) is 3.41. The van der Waals surface area contributed by atoms with Crippen molar-refractivity contribution in [3.63, 3.8) is 0 Å². The van der Waals surface area contributed by atoms with Crippen molar-refractivity contribution in [2.24, 2.45) is 0 Å². The average molecular weight is 495 g/mol. The van der Waals surface area contributed by atoms with Crippen LogP contribution in [0.15, 0.2) is 67.3 Å². The first-order valence-electron chi connectivity index (χ1n) is 10.6. The lowest BCUT2D eigenvalue weighted by atomic mass is 10.1. The highest BCUT2D eigenvalue weighted by Crippen LogP contribution is 2.35. The Morgan fingerprint density at radius 2 is 1.81 bits per heavy atom. The van der Waals surface area contributed by atoms with E-state index in [0.717, 1.165) is 17.7 Å². The molecule has 3 N–H and O–H groups in total. The SMILES string of the molecule is CC(=O)Nc1cc(N(c2ncc[nH]2)c2cc(NC(=O)c3cccc(C(F)(F)F)c3)ccc2C)ncn1. The largest absolute Gasteiger partial charge is 0.416 e. The molecule has 2 amide bonds. The van der Waals surface area contributed by atoms with Gasteiger partial charge in [-0.1, -0.05) is 12.1 Å². The first-order valence-corrected chi connectivity index (χ1v) is 10.6. The Hall–Kier alpha value is -4.74. The number of rotatable bonds is 6. The molecule has 4 aromatic rings. The minimum absolute atomic E-state index is 0.134. The molecular formula is C24H20F3N7O2. The maximum Gasteiger partial charge on any atom is 0.416 e. The van der Waals surface area contributed by atoms with Gasteiger partial charge in [-0.15, -0.1) is 0 Å². The summed E-state index contributed by atoms with van der Waals surface area (Å²) in [4.78, 5) is 41.5. The highest BCUT2D eigenvalue weighted by molar-refractivity contribution is 6.04. The van der Waals surface area contributed by atoms with Crippen molar-refractivity contribution in [2.75, 3.05) is 15.5 Å². The van der Waals surface area contributed by atoms with E-state index < -0.39 is 17.6 Å². The summed E-state index contributed by atoms with van der Waals surface area (Å²) in [5.41, 5.74) is 0.640. The number of carbonyl (C=O) groups is 2. The van der Waals surface area contributed by atoms with E-state index in [0.29, 0.717) is 23.1 Å². The number of amides is 2. The van der Waals surface area contributed by atoms with Gasteiger partial charge in [0.1, 0.15) is 18.0 Å². The van der Waals surface area contributed by atoms with Crippen LogP contribution in [-0.2, 0) is 11.0 Å². The summed E-state index contributed by atoms with van der Waals surface area (Å²) in [7, 11) is 0. The Labute approximate surface area is 203 Å². The molecule has 2 aromatic carbocycles. The molecule has 9 nitrogen and oxygen atoms in total. The molecule has 2 heterocycles. The monoisotopic (exact) mass is 495 g/mol. The van der Waals surface area contributed by atoms with Crippen LogP contribution in [0.1, 0.15) is 28.4 Å². The highest BCUT2D eigenvalue weighted by Gasteiger charge is 2.31. The Morgan fingerprint density at radius 1 is 1.00 bits per heavy atom. The smallest absolute Gasteiger partial charge is 0.330 e. The maximum absolute atomic E-state index is 13.1. The van der Waals surface area contributed by atoms with Gasteiger partial charge in [0.25, 0.3) is 5.91 Å². The molecule has 0 atom stereocenters. The predicted octanol–water partition coefficient (Wildman–Crippen LogP) is 5.21. The van der Waals surface area contributed by atoms with Crippen molar-refractivity contribution in [1.29, 1.82) is 0 Å². The molecule has 0 fully saturated rings. The van der Waals surface area contributed by atoms with Crippen LogP contribution in [0.3, 0.4) is 0 Å². The van der Waals surface area contributed by atoms with E-state index >= 15 is 0 Å². The summed E-state index contributed by atoms with van der Waals surface area (Å²) in [5, 5.41) is 5.24. The van der Waals surface area contributed by atoms with Crippen LogP contribution in [0.25, 0.3) is 0 Å². The summed E-state index contributed by atoms with van der Waals surface area (Å²) in [5.74, 6) is 0.0333. The number of nitrogens with one attached hydrogen (secondary N) is 3. The summed E-state index contributed by atoms with van der Waals surface area (Å²) in [6.45, 7) is 3.19. The summed E-state index contributed by atoms with van der Waals surface area (Å²) in [6, 6.07) is 10.7. The van der Waals surface area contributed by atoms with Gasteiger partial charge in [-0.2, -0.15) is 13.2 Å². The summed E-state index contributed by atoms with van der Waals surface area (Å²) < 4.78 is 39.2. The molecule has 0 unspecified atom stereocenters. The standard InChI is InChI=1S/C24H20F3N7O2/c1-14-6-7-18(33-22(36)16-4-3-5-17(10-16)24(25,26)27)11-19(14)34(23-28-8-9-29-23)21-12-20(30-13-31-21)32-15(2)35/h3-13H,1-2H3,(H,28,29)(H,33,36)(H,30,31,32,35). The highest BCUT2D eigenvalue weighted by atomic mass is 19.4. The molecule has 12 heteroatoms. The summed E-state index contributed by atoms with van der Waals surface area (Å²) in [6.07, 6.45) is -0.116. The second kappa shape index (κ2) is 9.86. The zero-order chi connectivity index (χ0) is 25.9. The van der Waals surface area contributed by atoms with Crippen molar-refractivity contribution >= 4 is 40.8 Å². The predicted molar refractivity (Wildman–Crippen MR) is 127 cm³/mol. The molecule has 0 spiro atoms. The molecule has 0 bridgehead atoms. The number of carbonyl (C=O) groups excluding carboxylic acids is 2. The number of halogens is 3. The van der Waals surface area contributed by atoms with E-state index in [2.05, 4.69) is 30.6 Å². The number of imidazole rings is 1. The van der Waals surface area contributed by atoms with E-state index in [-0.39, 0.29) is 17.3 Å². The normalized spacial score (nSPS) is 11.1. The Morgan fingerprint density at radius 3 is 2.50 bits per heavy atom. The molecule has 0 radical (unpaired) electrons. The number of nitrogens with zero attached hydrogens (tertiary/aromatic N) is 4. The number of hydrogen-bond acceptors (Lipinski definition) is 6. The third kappa shape index (κ3) is 5.49. The second-order valence-corrected chi connectivity index (χ2v) is 7.72. The van der Waals surface area contributed by atoms with Crippen molar-refractivity contribution < 1.29 is 22.8 Å². The molecule has 0 aliphatic rings. The number of alkyl halides is 3. The number of anilines is 5. The quantitative estimate of drug-likeness (QED) is 0.338. The zero-order valence-corrected chi connectivity index (χ0v) is 19.1. The van der Waals surface area contributed by atoms with Gasteiger partial charge in [0.15, 0.2) is 0 Å². The molecule has 184 valence electrons. The van der Waals surface area contributed by atoms with E-state index in [4.69, 9.17) is 0 Å². The number of aromatic amines is 1. The van der Waals surface area contributed by atoms with E-state index in [9.17, 15) is 22.8 Å². The van der Waals surface area contributed by atoms with Gasteiger partial charge in [-0.25, -0.2) is 15.0 Å². The van der Waals surface area contributed by atoms with Crippen LogP contribution < -0.4 is 15.5 Å². The lowest BCUT2D eigenvalue weighted by molar-refractivity contribution is -0.137. The fourth-order valence-electron chi connectivity index (χ4n) is 3.41. The summed E-state index contributed by atoms with van der Waals surface area (Å²) >= 11 is 0. The third-order valence-electron chi connectivity index (χ3n) is 5.04. The van der Waals surface area contributed by atoms with Crippen LogP contribution in [0.4, 0.5) is 42.1 Å². The van der Waals surface area contributed by atoms with E-state index in [1.165, 1.54) is 25.4 Å². The molecule has 4 rings (SSSR count). The second-order valence-electron chi connectivity index (χ2n) is 7.72. The minimum Gasteiger partial charge on any atom is -0.330 e. The average Bonchev–Trinajstić information content (AvgIpc) is 3.35. The van der Waals surface area contributed by atoms with Crippen molar-refractivity contribution in [1.82, 2.24) is 19.9 Å². The Balaban J connectivity index is 1.70. The topological polar surface area (TPSA) is 116 Å². The van der Waals surface area contributed by atoms with E-state index in [1.807, 2.05) is 6.92 Å². The zero-order valence-electron chi connectivity index (χ0n) is 19.1. The number of hydrogen-bond donors (Lipinski definition) is 3. The fraction of sp³-hybridized carbons (Fsp3) is 0.125. The molecule has 36 heavy (non-hydrogen) atoms. The molecule has 0 aliphatic heterocycles.